The Balaban J connectivity index is 1.80. The Hall–Kier alpha value is -1.06. The predicted molar refractivity (Wildman–Crippen MR) is 80.8 cm³/mol. The molecular formula is C16H25N3. The van der Waals surface area contributed by atoms with E-state index in [4.69, 9.17) is 0 Å². The molecule has 19 heavy (non-hydrogen) atoms. The zero-order valence-electron chi connectivity index (χ0n) is 12.2. The lowest BCUT2D eigenvalue weighted by molar-refractivity contribution is 0.312. The average Bonchev–Trinajstić information content (AvgIpc) is 2.59. The molecule has 1 saturated heterocycles. The first-order valence-electron chi connectivity index (χ1n) is 7.46. The van der Waals surface area contributed by atoms with E-state index >= 15 is 0 Å². The van der Waals surface area contributed by atoms with Crippen LogP contribution in [-0.2, 0) is 13.0 Å². The molecule has 0 N–H and O–H groups in total. The molecular weight excluding hydrogens is 234 g/mol. The van der Waals surface area contributed by atoms with E-state index in [1.165, 1.54) is 43.7 Å². The van der Waals surface area contributed by atoms with E-state index in [1.54, 1.807) is 5.56 Å². The Morgan fingerprint density at radius 2 is 1.63 bits per heavy atom. The zero-order valence-corrected chi connectivity index (χ0v) is 12.2. The van der Waals surface area contributed by atoms with Gasteiger partial charge in [0.25, 0.3) is 0 Å². The molecule has 2 aliphatic heterocycles. The standard InChI is InChI=1S/C16H25N3/c1-17-8-10-19(11-9-17)16-6-5-14-4-3-7-18(2)13-15(14)12-16/h5-6,12H,3-4,7-11,13H2,1-2H3. The molecule has 1 aromatic carbocycles. The fourth-order valence-electron chi connectivity index (χ4n) is 3.17. The number of fused-ring (bicyclic) bond motifs is 1. The third-order valence-corrected chi connectivity index (χ3v) is 4.48. The minimum atomic E-state index is 1.11. The molecule has 0 saturated carbocycles. The van der Waals surface area contributed by atoms with E-state index < -0.39 is 0 Å². The van der Waals surface area contributed by atoms with Crippen LogP contribution in [0.2, 0.25) is 0 Å². The second-order valence-electron chi connectivity index (χ2n) is 6.08. The number of hydrogen-bond donors (Lipinski definition) is 0. The first kappa shape index (κ1) is 12.9. The van der Waals surface area contributed by atoms with Crippen LogP contribution in [0.25, 0.3) is 0 Å². The average molecular weight is 259 g/mol. The summed E-state index contributed by atoms with van der Waals surface area (Å²) in [4.78, 5) is 7.39. The first-order chi connectivity index (χ1) is 9.22. The number of hydrogen-bond acceptors (Lipinski definition) is 3. The quantitative estimate of drug-likeness (QED) is 0.761. The zero-order chi connectivity index (χ0) is 13.2. The third-order valence-electron chi connectivity index (χ3n) is 4.48. The van der Waals surface area contributed by atoms with Crippen LogP contribution in [0.15, 0.2) is 18.2 Å². The molecule has 0 aliphatic carbocycles. The fourth-order valence-corrected chi connectivity index (χ4v) is 3.17. The second-order valence-corrected chi connectivity index (χ2v) is 6.08. The summed E-state index contributed by atoms with van der Waals surface area (Å²) in [5.74, 6) is 0. The highest BCUT2D eigenvalue weighted by Crippen LogP contribution is 2.24. The molecule has 3 nitrogen and oxygen atoms in total. The minimum absolute atomic E-state index is 1.11. The van der Waals surface area contributed by atoms with Crippen molar-refractivity contribution >= 4 is 5.69 Å². The van der Waals surface area contributed by atoms with Crippen LogP contribution in [0.4, 0.5) is 5.69 Å². The van der Waals surface area contributed by atoms with Gasteiger partial charge in [0.15, 0.2) is 0 Å². The van der Waals surface area contributed by atoms with Crippen molar-refractivity contribution in [3.05, 3.63) is 29.3 Å². The van der Waals surface area contributed by atoms with Crippen LogP contribution >= 0.6 is 0 Å². The van der Waals surface area contributed by atoms with Crippen LogP contribution in [0.1, 0.15) is 17.5 Å². The van der Waals surface area contributed by atoms with E-state index in [0.717, 1.165) is 19.6 Å². The van der Waals surface area contributed by atoms with Gasteiger partial charge in [0, 0.05) is 38.4 Å². The summed E-state index contributed by atoms with van der Waals surface area (Å²) in [6.45, 7) is 7.00. The van der Waals surface area contributed by atoms with Gasteiger partial charge >= 0.3 is 0 Å². The van der Waals surface area contributed by atoms with Gasteiger partial charge in [0.2, 0.25) is 0 Å². The summed E-state index contributed by atoms with van der Waals surface area (Å²) in [5, 5.41) is 0. The Kier molecular flexibility index (Phi) is 3.76. The van der Waals surface area contributed by atoms with Crippen molar-refractivity contribution in [1.29, 1.82) is 0 Å². The number of likely N-dealkylation sites (N-methyl/N-ethyl adjacent to an activating group) is 1. The maximum atomic E-state index is 2.53. The molecule has 0 atom stereocenters. The van der Waals surface area contributed by atoms with E-state index in [2.05, 4.69) is 47.0 Å². The van der Waals surface area contributed by atoms with Crippen molar-refractivity contribution in [3.63, 3.8) is 0 Å². The number of anilines is 1. The molecule has 1 aromatic rings. The molecule has 0 bridgehead atoms. The van der Waals surface area contributed by atoms with Crippen molar-refractivity contribution < 1.29 is 0 Å². The van der Waals surface area contributed by atoms with E-state index in [1.807, 2.05) is 0 Å². The van der Waals surface area contributed by atoms with Gasteiger partial charge in [-0.1, -0.05) is 6.07 Å². The van der Waals surface area contributed by atoms with E-state index in [-0.39, 0.29) is 0 Å². The largest absolute Gasteiger partial charge is 0.369 e. The molecule has 0 aromatic heterocycles. The van der Waals surface area contributed by atoms with Crippen molar-refractivity contribution in [2.24, 2.45) is 0 Å². The van der Waals surface area contributed by atoms with Gasteiger partial charge in [-0.3, -0.25) is 0 Å². The smallest absolute Gasteiger partial charge is 0.0370 e. The Bertz CT molecular complexity index is 436. The van der Waals surface area contributed by atoms with Gasteiger partial charge in [-0.15, -0.1) is 0 Å². The van der Waals surface area contributed by atoms with Crippen molar-refractivity contribution in [3.8, 4) is 0 Å². The minimum Gasteiger partial charge on any atom is -0.369 e. The predicted octanol–water partition coefficient (Wildman–Crippen LogP) is 1.82. The Morgan fingerprint density at radius 3 is 2.42 bits per heavy atom. The summed E-state index contributed by atoms with van der Waals surface area (Å²) in [6.07, 6.45) is 2.53. The molecule has 1 fully saturated rings. The lowest BCUT2D eigenvalue weighted by Gasteiger charge is -2.34. The molecule has 3 heteroatoms. The lowest BCUT2D eigenvalue weighted by atomic mass is 10.0. The molecule has 104 valence electrons. The summed E-state index contributed by atoms with van der Waals surface area (Å²) in [7, 11) is 4.45. The third kappa shape index (κ3) is 2.93. The van der Waals surface area contributed by atoms with Gasteiger partial charge in [0.05, 0.1) is 0 Å². The van der Waals surface area contributed by atoms with Crippen LogP contribution in [0, 0.1) is 0 Å². The van der Waals surface area contributed by atoms with Gasteiger partial charge in [-0.25, -0.2) is 0 Å². The van der Waals surface area contributed by atoms with Gasteiger partial charge in [-0.05, 0) is 56.7 Å². The summed E-state index contributed by atoms with van der Waals surface area (Å²) >= 11 is 0. The van der Waals surface area contributed by atoms with Crippen molar-refractivity contribution in [2.45, 2.75) is 19.4 Å². The maximum absolute atomic E-state index is 2.53. The van der Waals surface area contributed by atoms with Gasteiger partial charge < -0.3 is 14.7 Å². The molecule has 2 aliphatic rings. The Labute approximate surface area is 116 Å². The highest BCUT2D eigenvalue weighted by molar-refractivity contribution is 5.51. The van der Waals surface area contributed by atoms with Crippen LogP contribution in [0.3, 0.4) is 0 Å². The number of rotatable bonds is 1. The van der Waals surface area contributed by atoms with Crippen molar-refractivity contribution in [1.82, 2.24) is 9.80 Å². The SMILES string of the molecule is CN1CCN(c2ccc3c(c2)CN(C)CCC3)CC1. The highest BCUT2D eigenvalue weighted by atomic mass is 15.2. The lowest BCUT2D eigenvalue weighted by Crippen LogP contribution is -2.44. The molecule has 0 spiro atoms. The molecule has 2 heterocycles. The fraction of sp³-hybridized carbons (Fsp3) is 0.625. The van der Waals surface area contributed by atoms with Crippen LogP contribution in [0.5, 0.6) is 0 Å². The maximum Gasteiger partial charge on any atom is 0.0370 e. The number of aryl methyl sites for hydroxylation is 1. The molecule has 0 unspecified atom stereocenters. The summed E-state index contributed by atoms with van der Waals surface area (Å²) in [5.41, 5.74) is 4.51. The molecule has 0 amide bonds. The second kappa shape index (κ2) is 5.51. The summed E-state index contributed by atoms with van der Waals surface area (Å²) < 4.78 is 0. The topological polar surface area (TPSA) is 9.72 Å². The molecule has 0 radical (unpaired) electrons. The summed E-state index contributed by atoms with van der Waals surface area (Å²) in [6, 6.07) is 7.13. The van der Waals surface area contributed by atoms with E-state index in [9.17, 15) is 0 Å². The van der Waals surface area contributed by atoms with Crippen LogP contribution in [-0.4, -0.2) is 56.6 Å². The van der Waals surface area contributed by atoms with Gasteiger partial charge in [-0.2, -0.15) is 0 Å². The monoisotopic (exact) mass is 259 g/mol. The normalized spacial score (nSPS) is 22.1. The van der Waals surface area contributed by atoms with Crippen molar-refractivity contribution in [2.75, 3.05) is 51.7 Å². The number of piperazine rings is 1. The van der Waals surface area contributed by atoms with E-state index in [0.29, 0.717) is 0 Å². The van der Waals surface area contributed by atoms with Crippen LogP contribution < -0.4 is 4.90 Å². The highest BCUT2D eigenvalue weighted by Gasteiger charge is 2.17. The Morgan fingerprint density at radius 1 is 0.842 bits per heavy atom. The number of benzene rings is 1. The molecule has 3 rings (SSSR count). The number of nitrogens with zero attached hydrogens (tertiary/aromatic N) is 3. The first-order valence-corrected chi connectivity index (χ1v) is 7.46. The van der Waals surface area contributed by atoms with Gasteiger partial charge in [0.1, 0.15) is 0 Å².